The summed E-state index contributed by atoms with van der Waals surface area (Å²) in [5.41, 5.74) is 0.483. The molecule has 13 nitrogen and oxygen atoms in total. The maximum absolute atomic E-state index is 12.0. The number of rotatable bonds is 7. The van der Waals surface area contributed by atoms with Crippen LogP contribution in [0.4, 0.5) is 0 Å². The van der Waals surface area contributed by atoms with Crippen LogP contribution in [0, 0.1) is 44.3 Å². The van der Waals surface area contributed by atoms with Crippen LogP contribution in [-0.2, 0) is 18.9 Å². The van der Waals surface area contributed by atoms with E-state index in [2.05, 4.69) is 46.8 Å². The fraction of sp³-hybridized carbons (Fsp3) is 0.905. The molecule has 6 fully saturated rings. The van der Waals surface area contributed by atoms with E-state index >= 15 is 0 Å². The smallest absolute Gasteiger partial charge is 0.187 e. The van der Waals surface area contributed by atoms with Crippen LogP contribution in [0.1, 0.15) is 99.8 Å². The molecule has 7 aliphatic rings. The lowest BCUT2D eigenvalue weighted by molar-refractivity contribution is -0.367. The van der Waals surface area contributed by atoms with Crippen molar-refractivity contribution in [2.75, 3.05) is 19.8 Å². The fourth-order valence-corrected chi connectivity index (χ4v) is 13.0. The Morgan fingerprint density at radius 3 is 2.04 bits per heavy atom. The van der Waals surface area contributed by atoms with Gasteiger partial charge in [0.1, 0.15) is 42.7 Å². The van der Waals surface area contributed by atoms with Crippen LogP contribution in [0.15, 0.2) is 23.3 Å². The van der Waals surface area contributed by atoms with Crippen LogP contribution < -0.4 is 0 Å². The number of fused-ring (bicyclic) bond motifs is 7. The number of ether oxygens (including phenoxy) is 4. The van der Waals surface area contributed by atoms with Gasteiger partial charge in [-0.1, -0.05) is 64.8 Å². The zero-order chi connectivity index (χ0) is 40.3. The molecule has 55 heavy (non-hydrogen) atoms. The van der Waals surface area contributed by atoms with Gasteiger partial charge in [0.15, 0.2) is 12.6 Å². The molecule has 2 heterocycles. The predicted octanol–water partition coefficient (Wildman–Crippen LogP) is 1.68. The van der Waals surface area contributed by atoms with Crippen LogP contribution in [0.3, 0.4) is 0 Å². The van der Waals surface area contributed by atoms with Gasteiger partial charge in [-0.15, -0.1) is 0 Å². The average Bonchev–Trinajstić information content (AvgIpc) is 3.13. The van der Waals surface area contributed by atoms with E-state index in [1.807, 2.05) is 6.92 Å². The van der Waals surface area contributed by atoms with Crippen molar-refractivity contribution in [2.45, 2.75) is 173 Å². The monoisotopic (exact) mass is 780 g/mol. The lowest BCUT2D eigenvalue weighted by Crippen LogP contribution is -2.66. The first-order valence-corrected chi connectivity index (χ1v) is 20.6. The Kier molecular flexibility index (Phi) is 11.0. The Morgan fingerprint density at radius 2 is 1.38 bits per heavy atom. The van der Waals surface area contributed by atoms with Gasteiger partial charge in [-0.3, -0.25) is 0 Å². The van der Waals surface area contributed by atoms with Crippen LogP contribution in [0.25, 0.3) is 0 Å². The number of hydrogen-bond acceptors (Lipinski definition) is 13. The molecule has 0 radical (unpaired) electrons. The third-order valence-electron chi connectivity index (χ3n) is 16.9. The van der Waals surface area contributed by atoms with Crippen molar-refractivity contribution in [1.82, 2.24) is 0 Å². The van der Waals surface area contributed by atoms with Crippen LogP contribution >= 0.6 is 0 Å². The maximum atomic E-state index is 12.0. The minimum atomic E-state index is -1.68. The molecular weight excluding hydrogens is 712 g/mol. The summed E-state index contributed by atoms with van der Waals surface area (Å²) in [5.74, 6) is 0.0403. The van der Waals surface area contributed by atoms with Gasteiger partial charge in [-0.2, -0.15) is 0 Å². The normalized spacial score (nSPS) is 54.9. The van der Waals surface area contributed by atoms with E-state index < -0.39 is 91.1 Å². The van der Waals surface area contributed by atoms with E-state index in [0.29, 0.717) is 19.3 Å². The number of hydrogen-bond donors (Lipinski definition) is 9. The Labute approximate surface area is 325 Å². The summed E-state index contributed by atoms with van der Waals surface area (Å²) in [7, 11) is 0. The topological polar surface area (TPSA) is 219 Å². The number of aliphatic hydroxyl groups excluding tert-OH is 9. The highest BCUT2D eigenvalue weighted by Crippen LogP contribution is 2.74. The second-order valence-electron chi connectivity index (χ2n) is 20.2. The summed E-state index contributed by atoms with van der Waals surface area (Å²) in [6, 6.07) is 0. The first-order valence-electron chi connectivity index (χ1n) is 20.6. The lowest BCUT2D eigenvalue weighted by Gasteiger charge is -2.69. The molecule has 13 heteroatoms. The highest BCUT2D eigenvalue weighted by molar-refractivity contribution is 5.46. The molecule has 7 rings (SSSR count). The quantitative estimate of drug-likeness (QED) is 0.168. The average molecular weight is 781 g/mol. The van der Waals surface area contributed by atoms with Crippen molar-refractivity contribution < 1.29 is 64.9 Å². The molecule has 314 valence electrons. The summed E-state index contributed by atoms with van der Waals surface area (Å²) in [5, 5.41) is 98.1. The Hall–Kier alpha value is -1.04. The van der Waals surface area contributed by atoms with Crippen molar-refractivity contribution >= 4 is 0 Å². The van der Waals surface area contributed by atoms with Crippen LogP contribution in [-0.4, -0.2) is 139 Å². The molecular formula is C42H68O13. The van der Waals surface area contributed by atoms with Crippen molar-refractivity contribution in [2.24, 2.45) is 44.3 Å². The van der Waals surface area contributed by atoms with Gasteiger partial charge in [-0.05, 0) is 86.4 Å². The van der Waals surface area contributed by atoms with Gasteiger partial charge in [-0.25, -0.2) is 0 Å². The molecule has 0 aromatic heterocycles. The summed E-state index contributed by atoms with van der Waals surface area (Å²) in [6.07, 6.45) is -4.82. The molecule has 2 aliphatic heterocycles. The van der Waals surface area contributed by atoms with Crippen molar-refractivity contribution in [3.8, 4) is 0 Å². The lowest BCUT2D eigenvalue weighted by atomic mass is 9.35. The molecule has 5 aliphatic carbocycles. The van der Waals surface area contributed by atoms with Crippen LogP contribution in [0.5, 0.6) is 0 Å². The van der Waals surface area contributed by atoms with E-state index in [1.54, 1.807) is 0 Å². The second kappa shape index (κ2) is 14.3. The molecule has 2 saturated heterocycles. The number of aliphatic hydroxyl groups is 9. The molecule has 0 aromatic rings. The standard InChI is InChI=1S/C42H68O13/c1-21-29(47)31(49)32(50)35(52-21)55-34-30(48)24(18-43)53-36(33(34)51)54-28-11-12-38(4)25(39(28,5)19-44)10-13-40(6)26(38)9-8-22-23-16-37(2,3)14-15-42(23,20-45)27(46)17-41(22,40)7/h8-9,21,23-25,27-36,43-51H,10-20H2,1-7H3/t21-,23+,24-,25-,27+,28+,29-,30+,31+,32-,33-,34+,35+,36+,38+,39+,40-,41-,42-/m1/s1. The van der Waals surface area contributed by atoms with Gasteiger partial charge >= 0.3 is 0 Å². The first kappa shape index (κ1) is 42.1. The van der Waals surface area contributed by atoms with Crippen molar-refractivity contribution in [3.05, 3.63) is 23.3 Å². The zero-order valence-corrected chi connectivity index (χ0v) is 33.7. The van der Waals surface area contributed by atoms with E-state index in [-0.39, 0.29) is 46.7 Å². The summed E-state index contributed by atoms with van der Waals surface area (Å²) < 4.78 is 24.0. The van der Waals surface area contributed by atoms with E-state index in [1.165, 1.54) is 18.1 Å². The molecule has 0 amide bonds. The van der Waals surface area contributed by atoms with Crippen molar-refractivity contribution in [1.29, 1.82) is 0 Å². The Balaban J connectivity index is 1.16. The Morgan fingerprint density at radius 1 is 0.691 bits per heavy atom. The molecule has 0 bridgehead atoms. The summed E-state index contributed by atoms with van der Waals surface area (Å²) in [4.78, 5) is 0. The molecule has 4 saturated carbocycles. The summed E-state index contributed by atoms with van der Waals surface area (Å²) >= 11 is 0. The molecule has 0 unspecified atom stereocenters. The van der Waals surface area contributed by atoms with Crippen LogP contribution in [0.2, 0.25) is 0 Å². The van der Waals surface area contributed by atoms with E-state index in [9.17, 15) is 46.0 Å². The van der Waals surface area contributed by atoms with Gasteiger partial charge in [0, 0.05) is 16.2 Å². The van der Waals surface area contributed by atoms with Gasteiger partial charge in [0.2, 0.25) is 0 Å². The predicted molar refractivity (Wildman–Crippen MR) is 199 cm³/mol. The zero-order valence-electron chi connectivity index (χ0n) is 33.7. The van der Waals surface area contributed by atoms with Crippen molar-refractivity contribution in [3.63, 3.8) is 0 Å². The summed E-state index contributed by atoms with van der Waals surface area (Å²) in [6.45, 7) is 14.2. The van der Waals surface area contributed by atoms with Gasteiger partial charge in [0.25, 0.3) is 0 Å². The van der Waals surface area contributed by atoms with Gasteiger partial charge in [0.05, 0.1) is 38.1 Å². The minimum absolute atomic E-state index is 0.0290. The maximum Gasteiger partial charge on any atom is 0.187 e. The third kappa shape index (κ3) is 6.12. The third-order valence-corrected chi connectivity index (χ3v) is 16.9. The molecule has 0 spiro atoms. The first-order chi connectivity index (χ1) is 25.7. The second-order valence-corrected chi connectivity index (χ2v) is 20.2. The number of allylic oxidation sites excluding steroid dienone is 4. The van der Waals surface area contributed by atoms with E-state index in [4.69, 9.17) is 18.9 Å². The Bertz CT molecular complexity index is 1500. The highest BCUT2D eigenvalue weighted by atomic mass is 16.7. The largest absolute Gasteiger partial charge is 0.396 e. The fourth-order valence-electron chi connectivity index (χ4n) is 13.0. The molecule has 0 aromatic carbocycles. The van der Waals surface area contributed by atoms with Gasteiger partial charge < -0.3 is 64.9 Å². The highest BCUT2D eigenvalue weighted by Gasteiger charge is 2.69. The SMILES string of the molecule is C[C@H]1O[C@@H](O[C@H]2[C@@H](O)[C@@H](CO)O[C@@H](O[C@H]3CC[C@]4(C)C5=CC=C6[C@@H]7CC(C)(C)CC[C@]7(CO)[C@@H](O)C[C@@]6(C)[C@]5(C)CC[C@H]4[C@]3(C)CO)[C@@H]2O)[C@H](O)[C@@H](O)[C@@H]1O. The minimum Gasteiger partial charge on any atom is -0.396 e. The molecule has 9 N–H and O–H groups in total. The van der Waals surface area contributed by atoms with E-state index in [0.717, 1.165) is 32.1 Å². The molecule has 19 atom stereocenters.